The maximum absolute atomic E-state index is 5.32. The molecule has 0 spiro atoms. The molecule has 0 fully saturated rings. The van der Waals surface area contributed by atoms with Gasteiger partial charge in [-0.2, -0.15) is 0 Å². The minimum atomic E-state index is 0.666. The zero-order valence-corrected chi connectivity index (χ0v) is 23.6. The first kappa shape index (κ1) is 23.6. The maximum atomic E-state index is 5.32. The number of H-pyrrole nitrogens is 1. The van der Waals surface area contributed by atoms with Gasteiger partial charge in [0, 0.05) is 43.5 Å². The summed E-state index contributed by atoms with van der Waals surface area (Å²) in [6.45, 7) is 0. The van der Waals surface area contributed by atoms with Crippen molar-refractivity contribution in [2.45, 2.75) is 0 Å². The van der Waals surface area contributed by atoms with Crippen LogP contribution in [0.5, 0.6) is 0 Å². The predicted molar refractivity (Wildman–Crippen MR) is 184 cm³/mol. The van der Waals surface area contributed by atoms with Crippen LogP contribution in [-0.2, 0) is 0 Å². The van der Waals surface area contributed by atoms with Crippen LogP contribution in [0, 0.1) is 0 Å². The van der Waals surface area contributed by atoms with Crippen LogP contribution in [0.4, 0.5) is 0 Å². The Hall–Kier alpha value is -6.00. The van der Waals surface area contributed by atoms with Gasteiger partial charge in [0.2, 0.25) is 5.95 Å². The standard InChI is InChI=1S/C40H24N4/c1-2-10-25-19-28(18-17-24(25)9-1)39-30-14-5-7-15-34(30)42-40(43-39)44-37-16-8-6-13-29(37)33-22-32-31-20-26-11-3-4-12-27(26)21-35(31)41-36(32)23-38(33)44/h1-23,41H. The van der Waals surface area contributed by atoms with E-state index in [4.69, 9.17) is 9.97 Å². The third kappa shape index (κ3) is 3.33. The van der Waals surface area contributed by atoms with Crippen molar-refractivity contribution in [1.82, 2.24) is 19.5 Å². The second kappa shape index (κ2) is 8.76. The molecule has 10 rings (SSSR count). The van der Waals surface area contributed by atoms with E-state index in [-0.39, 0.29) is 0 Å². The van der Waals surface area contributed by atoms with E-state index in [1.807, 2.05) is 6.07 Å². The van der Waals surface area contributed by atoms with Crippen LogP contribution < -0.4 is 0 Å². The Labute approximate surface area is 251 Å². The molecule has 0 bridgehead atoms. The molecule has 0 aliphatic heterocycles. The first-order chi connectivity index (χ1) is 21.8. The fourth-order valence-electron chi connectivity index (χ4n) is 6.99. The molecule has 0 amide bonds. The fraction of sp³-hybridized carbons (Fsp3) is 0. The normalized spacial score (nSPS) is 12.1. The highest BCUT2D eigenvalue weighted by Gasteiger charge is 2.19. The van der Waals surface area contributed by atoms with Gasteiger partial charge in [0.25, 0.3) is 0 Å². The van der Waals surface area contributed by atoms with Crippen LogP contribution in [0.15, 0.2) is 140 Å². The molecule has 0 aliphatic rings. The van der Waals surface area contributed by atoms with Crippen molar-refractivity contribution in [2.75, 3.05) is 0 Å². The monoisotopic (exact) mass is 560 g/mol. The van der Waals surface area contributed by atoms with E-state index >= 15 is 0 Å². The Bertz CT molecular complexity index is 2780. The molecule has 1 N–H and O–H groups in total. The Kier molecular flexibility index (Phi) is 4.69. The lowest BCUT2D eigenvalue weighted by molar-refractivity contribution is 1.01. The van der Waals surface area contributed by atoms with Gasteiger partial charge >= 0.3 is 0 Å². The second-order valence-electron chi connectivity index (χ2n) is 11.6. The van der Waals surface area contributed by atoms with Gasteiger partial charge in [0.15, 0.2) is 0 Å². The number of aromatic nitrogens is 4. The summed E-state index contributed by atoms with van der Waals surface area (Å²) in [5, 5.41) is 10.8. The summed E-state index contributed by atoms with van der Waals surface area (Å²) in [5.41, 5.74) is 7.34. The largest absolute Gasteiger partial charge is 0.354 e. The van der Waals surface area contributed by atoms with E-state index in [9.17, 15) is 0 Å². The maximum Gasteiger partial charge on any atom is 0.235 e. The number of hydrogen-bond donors (Lipinski definition) is 1. The summed E-state index contributed by atoms with van der Waals surface area (Å²) in [6.07, 6.45) is 0. The Morgan fingerprint density at radius 1 is 0.432 bits per heavy atom. The van der Waals surface area contributed by atoms with Crippen molar-refractivity contribution >= 4 is 76.1 Å². The molecule has 7 aromatic carbocycles. The van der Waals surface area contributed by atoms with Crippen LogP contribution in [0.2, 0.25) is 0 Å². The van der Waals surface area contributed by atoms with Gasteiger partial charge in [0.1, 0.15) is 0 Å². The zero-order chi connectivity index (χ0) is 28.8. The van der Waals surface area contributed by atoms with E-state index in [0.29, 0.717) is 5.95 Å². The van der Waals surface area contributed by atoms with Gasteiger partial charge in [-0.05, 0) is 64.0 Å². The van der Waals surface area contributed by atoms with E-state index in [2.05, 4.69) is 143 Å². The van der Waals surface area contributed by atoms with Crippen molar-refractivity contribution in [3.8, 4) is 17.2 Å². The highest BCUT2D eigenvalue weighted by Crippen LogP contribution is 2.38. The third-order valence-electron chi connectivity index (χ3n) is 9.07. The minimum absolute atomic E-state index is 0.666. The molecular weight excluding hydrogens is 536 g/mol. The summed E-state index contributed by atoms with van der Waals surface area (Å²) < 4.78 is 2.23. The molecular formula is C40H24N4. The van der Waals surface area contributed by atoms with Gasteiger partial charge in [-0.15, -0.1) is 0 Å². The summed E-state index contributed by atoms with van der Waals surface area (Å²) in [6, 6.07) is 49.6. The predicted octanol–water partition coefficient (Wildman–Crippen LogP) is 10.3. The molecule has 0 unspecified atom stereocenters. The SMILES string of the molecule is c1ccc2cc(-c3nc(-n4c5ccccc5c5cc6c(cc54)[nH]c4cc5ccccc5cc46)nc4ccccc34)ccc2c1. The number of aromatic amines is 1. The van der Waals surface area contributed by atoms with E-state index in [1.165, 1.54) is 43.1 Å². The number of rotatable bonds is 2. The van der Waals surface area contributed by atoms with Gasteiger partial charge < -0.3 is 4.98 Å². The van der Waals surface area contributed by atoms with Crippen LogP contribution in [0.25, 0.3) is 93.3 Å². The Balaban J connectivity index is 1.29. The average molecular weight is 561 g/mol. The van der Waals surface area contributed by atoms with Gasteiger partial charge in [-0.3, -0.25) is 4.57 Å². The van der Waals surface area contributed by atoms with Gasteiger partial charge in [-0.1, -0.05) is 97.1 Å². The van der Waals surface area contributed by atoms with Crippen LogP contribution in [0.3, 0.4) is 0 Å². The number of para-hydroxylation sites is 2. The highest BCUT2D eigenvalue weighted by molar-refractivity contribution is 6.19. The van der Waals surface area contributed by atoms with Crippen LogP contribution in [0.1, 0.15) is 0 Å². The molecule has 4 heteroatoms. The molecule has 0 saturated heterocycles. The Morgan fingerprint density at radius 3 is 1.95 bits per heavy atom. The molecule has 3 aromatic heterocycles. The van der Waals surface area contributed by atoms with Crippen LogP contribution >= 0.6 is 0 Å². The summed E-state index contributed by atoms with van der Waals surface area (Å²) in [5.74, 6) is 0.666. The topological polar surface area (TPSA) is 46.5 Å². The van der Waals surface area contributed by atoms with Crippen molar-refractivity contribution in [3.05, 3.63) is 140 Å². The summed E-state index contributed by atoms with van der Waals surface area (Å²) in [4.78, 5) is 14.2. The van der Waals surface area contributed by atoms with E-state index in [0.717, 1.165) is 44.2 Å². The number of fused-ring (bicyclic) bond motifs is 9. The quantitative estimate of drug-likeness (QED) is 0.229. The lowest BCUT2D eigenvalue weighted by atomic mass is 10.0. The van der Waals surface area contributed by atoms with Gasteiger partial charge in [-0.25, -0.2) is 9.97 Å². The summed E-state index contributed by atoms with van der Waals surface area (Å²) in [7, 11) is 0. The van der Waals surface area contributed by atoms with Crippen molar-refractivity contribution < 1.29 is 0 Å². The van der Waals surface area contributed by atoms with Crippen molar-refractivity contribution in [2.24, 2.45) is 0 Å². The average Bonchev–Trinajstić information content (AvgIpc) is 3.59. The van der Waals surface area contributed by atoms with Crippen LogP contribution in [-0.4, -0.2) is 19.5 Å². The molecule has 204 valence electrons. The molecule has 3 heterocycles. The van der Waals surface area contributed by atoms with E-state index < -0.39 is 0 Å². The molecule has 0 aliphatic carbocycles. The lowest BCUT2D eigenvalue weighted by Crippen LogP contribution is -2.03. The van der Waals surface area contributed by atoms with Crippen molar-refractivity contribution in [1.29, 1.82) is 0 Å². The van der Waals surface area contributed by atoms with Crippen molar-refractivity contribution in [3.63, 3.8) is 0 Å². The fourth-order valence-corrected chi connectivity index (χ4v) is 6.99. The smallest absolute Gasteiger partial charge is 0.235 e. The lowest BCUT2D eigenvalue weighted by Gasteiger charge is -2.12. The first-order valence-electron chi connectivity index (χ1n) is 14.9. The van der Waals surface area contributed by atoms with E-state index in [1.54, 1.807) is 0 Å². The summed E-state index contributed by atoms with van der Waals surface area (Å²) >= 11 is 0. The number of hydrogen-bond acceptors (Lipinski definition) is 2. The molecule has 0 radical (unpaired) electrons. The second-order valence-corrected chi connectivity index (χ2v) is 11.6. The first-order valence-corrected chi connectivity index (χ1v) is 14.9. The number of nitrogens with zero attached hydrogens (tertiary/aromatic N) is 3. The number of benzene rings is 7. The van der Waals surface area contributed by atoms with Gasteiger partial charge in [0.05, 0.1) is 22.2 Å². The Morgan fingerprint density at radius 2 is 1.09 bits per heavy atom. The molecule has 0 saturated carbocycles. The highest BCUT2D eigenvalue weighted by atomic mass is 15.2. The number of nitrogens with one attached hydrogen (secondary N) is 1. The minimum Gasteiger partial charge on any atom is -0.354 e. The molecule has 0 atom stereocenters. The zero-order valence-electron chi connectivity index (χ0n) is 23.6. The molecule has 4 nitrogen and oxygen atoms in total. The third-order valence-corrected chi connectivity index (χ3v) is 9.07. The molecule has 10 aromatic rings. The molecule has 44 heavy (non-hydrogen) atoms.